The lowest BCUT2D eigenvalue weighted by Crippen LogP contribution is -2.48. The zero-order valence-electron chi connectivity index (χ0n) is 8.32. The highest BCUT2D eigenvalue weighted by Crippen LogP contribution is 2.30. The molecule has 1 heterocycles. The van der Waals surface area contributed by atoms with E-state index in [9.17, 15) is 9.90 Å². The van der Waals surface area contributed by atoms with Crippen molar-refractivity contribution < 1.29 is 9.90 Å². The first kappa shape index (κ1) is 10.4. The van der Waals surface area contributed by atoms with Crippen molar-refractivity contribution in [3.05, 3.63) is 16.8 Å². The quantitative estimate of drug-likeness (QED) is 0.735. The van der Waals surface area contributed by atoms with Crippen molar-refractivity contribution in [1.29, 1.82) is 0 Å². The van der Waals surface area contributed by atoms with E-state index >= 15 is 0 Å². The van der Waals surface area contributed by atoms with Crippen molar-refractivity contribution in [2.45, 2.75) is 24.9 Å². The van der Waals surface area contributed by atoms with Crippen LogP contribution in [0.2, 0.25) is 0 Å². The van der Waals surface area contributed by atoms with E-state index < -0.39 is 5.60 Å². The van der Waals surface area contributed by atoms with Gasteiger partial charge in [-0.25, -0.2) is 4.79 Å². The molecule has 2 rings (SSSR count). The number of nitrogens with one attached hydrogen (secondary N) is 2. The molecule has 15 heavy (non-hydrogen) atoms. The van der Waals surface area contributed by atoms with Gasteiger partial charge in [0, 0.05) is 11.9 Å². The number of aliphatic hydroxyl groups is 1. The molecular formula is C10H14N2O2S. The van der Waals surface area contributed by atoms with Gasteiger partial charge in [-0.2, -0.15) is 11.3 Å². The fraction of sp³-hybridized carbons (Fsp3) is 0.500. The fourth-order valence-electron chi connectivity index (χ4n) is 1.52. The second kappa shape index (κ2) is 4.20. The highest BCUT2D eigenvalue weighted by Gasteiger charge is 2.34. The van der Waals surface area contributed by atoms with E-state index in [4.69, 9.17) is 0 Å². The van der Waals surface area contributed by atoms with E-state index in [0.29, 0.717) is 6.54 Å². The van der Waals surface area contributed by atoms with Crippen LogP contribution in [0.25, 0.3) is 0 Å². The summed E-state index contributed by atoms with van der Waals surface area (Å²) in [6.45, 7) is 0.336. The molecular weight excluding hydrogens is 212 g/mol. The average Bonchev–Trinajstić information content (AvgIpc) is 2.64. The average molecular weight is 226 g/mol. The van der Waals surface area contributed by atoms with Crippen molar-refractivity contribution in [1.82, 2.24) is 5.32 Å². The minimum atomic E-state index is -0.661. The highest BCUT2D eigenvalue weighted by atomic mass is 32.1. The molecule has 1 fully saturated rings. The Morgan fingerprint density at radius 3 is 2.93 bits per heavy atom. The monoisotopic (exact) mass is 226 g/mol. The third kappa shape index (κ3) is 2.70. The summed E-state index contributed by atoms with van der Waals surface area (Å²) in [5.41, 5.74) is 0.129. The third-order valence-electron chi connectivity index (χ3n) is 2.64. The normalized spacial score (nSPS) is 17.9. The first-order chi connectivity index (χ1) is 7.18. The van der Waals surface area contributed by atoms with E-state index in [2.05, 4.69) is 10.6 Å². The Hall–Kier alpha value is -1.07. The van der Waals surface area contributed by atoms with Gasteiger partial charge >= 0.3 is 6.03 Å². The summed E-state index contributed by atoms with van der Waals surface area (Å²) in [4.78, 5) is 11.4. The number of rotatable bonds is 3. The maximum absolute atomic E-state index is 11.4. The molecule has 0 saturated heterocycles. The van der Waals surface area contributed by atoms with Gasteiger partial charge in [0.2, 0.25) is 0 Å². The molecule has 1 aliphatic rings. The lowest BCUT2D eigenvalue weighted by molar-refractivity contribution is -0.0287. The maximum Gasteiger partial charge on any atom is 0.319 e. The maximum atomic E-state index is 11.4. The minimum absolute atomic E-state index is 0.256. The standard InChI is InChI=1S/C10H14N2O2S/c13-9(12-8-2-5-15-6-8)11-7-10(14)3-1-4-10/h2,5-6,14H,1,3-4,7H2,(H2,11,12,13). The Balaban J connectivity index is 1.73. The predicted molar refractivity (Wildman–Crippen MR) is 60.1 cm³/mol. The zero-order valence-corrected chi connectivity index (χ0v) is 9.14. The number of anilines is 1. The van der Waals surface area contributed by atoms with Gasteiger partial charge in [-0.05, 0) is 30.7 Å². The van der Waals surface area contributed by atoms with Gasteiger partial charge in [0.1, 0.15) is 0 Å². The Labute approximate surface area is 92.3 Å². The third-order valence-corrected chi connectivity index (χ3v) is 3.32. The number of carbonyl (C=O) groups is 1. The molecule has 82 valence electrons. The molecule has 1 saturated carbocycles. The van der Waals surface area contributed by atoms with Gasteiger partial charge in [0.25, 0.3) is 0 Å². The lowest BCUT2D eigenvalue weighted by Gasteiger charge is -2.36. The molecule has 4 nitrogen and oxygen atoms in total. The van der Waals surface area contributed by atoms with Gasteiger partial charge in [0.15, 0.2) is 0 Å². The van der Waals surface area contributed by atoms with Crippen LogP contribution in [0.4, 0.5) is 10.5 Å². The smallest absolute Gasteiger partial charge is 0.319 e. The molecule has 0 atom stereocenters. The molecule has 3 N–H and O–H groups in total. The molecule has 0 aromatic carbocycles. The van der Waals surface area contributed by atoms with Crippen LogP contribution in [-0.2, 0) is 0 Å². The summed E-state index contributed by atoms with van der Waals surface area (Å²) >= 11 is 1.53. The summed E-state index contributed by atoms with van der Waals surface area (Å²) in [5, 5.41) is 18.9. The Morgan fingerprint density at radius 1 is 1.60 bits per heavy atom. The molecule has 0 bridgehead atoms. The second-order valence-electron chi connectivity index (χ2n) is 3.90. The summed E-state index contributed by atoms with van der Waals surface area (Å²) < 4.78 is 0. The summed E-state index contributed by atoms with van der Waals surface area (Å²) in [6, 6.07) is 1.58. The van der Waals surface area contributed by atoms with E-state index in [0.717, 1.165) is 24.9 Å². The topological polar surface area (TPSA) is 61.4 Å². The van der Waals surface area contributed by atoms with Gasteiger partial charge in [-0.3, -0.25) is 0 Å². The van der Waals surface area contributed by atoms with E-state index in [1.807, 2.05) is 16.8 Å². The predicted octanol–water partition coefficient (Wildman–Crippen LogP) is 1.78. The molecule has 0 aliphatic heterocycles. The Bertz CT molecular complexity index is 333. The van der Waals surface area contributed by atoms with Crippen molar-refractivity contribution in [3.8, 4) is 0 Å². The fourth-order valence-corrected chi connectivity index (χ4v) is 2.11. The van der Waals surface area contributed by atoms with Crippen LogP contribution < -0.4 is 10.6 Å². The number of thiophene rings is 1. The van der Waals surface area contributed by atoms with Crippen molar-refractivity contribution in [3.63, 3.8) is 0 Å². The van der Waals surface area contributed by atoms with Gasteiger partial charge in [-0.1, -0.05) is 0 Å². The molecule has 1 aromatic heterocycles. The van der Waals surface area contributed by atoms with Crippen molar-refractivity contribution >= 4 is 23.1 Å². The first-order valence-electron chi connectivity index (χ1n) is 4.97. The molecule has 1 aliphatic carbocycles. The highest BCUT2D eigenvalue weighted by molar-refractivity contribution is 7.08. The number of hydrogen-bond donors (Lipinski definition) is 3. The minimum Gasteiger partial charge on any atom is -0.388 e. The summed E-state index contributed by atoms with van der Waals surface area (Å²) in [5.74, 6) is 0. The number of carbonyl (C=O) groups excluding carboxylic acids is 1. The van der Waals surface area contributed by atoms with Crippen LogP contribution in [0.5, 0.6) is 0 Å². The molecule has 5 heteroatoms. The first-order valence-corrected chi connectivity index (χ1v) is 5.92. The van der Waals surface area contributed by atoms with E-state index in [1.165, 1.54) is 11.3 Å². The number of urea groups is 1. The van der Waals surface area contributed by atoms with Crippen LogP contribution in [0.15, 0.2) is 16.8 Å². The van der Waals surface area contributed by atoms with Crippen molar-refractivity contribution in [2.24, 2.45) is 0 Å². The molecule has 0 unspecified atom stereocenters. The largest absolute Gasteiger partial charge is 0.388 e. The van der Waals surface area contributed by atoms with Gasteiger partial charge in [0.05, 0.1) is 11.3 Å². The van der Waals surface area contributed by atoms with Crippen molar-refractivity contribution in [2.75, 3.05) is 11.9 Å². The van der Waals surface area contributed by atoms with Gasteiger partial charge in [-0.15, -0.1) is 0 Å². The Morgan fingerprint density at radius 2 is 2.40 bits per heavy atom. The van der Waals surface area contributed by atoms with Crippen LogP contribution in [0.1, 0.15) is 19.3 Å². The van der Waals surface area contributed by atoms with E-state index in [-0.39, 0.29) is 6.03 Å². The lowest BCUT2D eigenvalue weighted by atomic mass is 9.80. The van der Waals surface area contributed by atoms with Crippen LogP contribution in [0.3, 0.4) is 0 Å². The number of hydrogen-bond acceptors (Lipinski definition) is 3. The van der Waals surface area contributed by atoms with Crippen LogP contribution >= 0.6 is 11.3 Å². The SMILES string of the molecule is O=C(NCC1(O)CCC1)Nc1ccsc1. The molecule has 0 spiro atoms. The molecule has 0 radical (unpaired) electrons. The number of amides is 2. The summed E-state index contributed by atoms with van der Waals surface area (Å²) in [6.07, 6.45) is 2.61. The van der Waals surface area contributed by atoms with Crippen LogP contribution in [0, 0.1) is 0 Å². The summed E-state index contributed by atoms with van der Waals surface area (Å²) in [7, 11) is 0. The molecule has 1 aromatic rings. The van der Waals surface area contributed by atoms with E-state index in [1.54, 1.807) is 0 Å². The second-order valence-corrected chi connectivity index (χ2v) is 4.68. The van der Waals surface area contributed by atoms with Crippen LogP contribution in [-0.4, -0.2) is 23.3 Å². The zero-order chi connectivity index (χ0) is 10.7. The van der Waals surface area contributed by atoms with Gasteiger partial charge < -0.3 is 15.7 Å². The molecule has 2 amide bonds. The Kier molecular flexibility index (Phi) is 2.93.